The molecule has 0 atom stereocenters. The Labute approximate surface area is 88.2 Å². The number of nitrogens with zero attached hydrogens (tertiary/aromatic N) is 1. The summed E-state index contributed by atoms with van der Waals surface area (Å²) >= 11 is 3.04. The standard InChI is InChI=1S/C8H7BrN2O3/c1-4-2-5(8(10)12)6(9)3-7(4)11(13)14/h2-3H,1H3,(H2,10,12). The van der Waals surface area contributed by atoms with Gasteiger partial charge in [-0.25, -0.2) is 0 Å². The summed E-state index contributed by atoms with van der Waals surface area (Å²) in [5, 5.41) is 10.5. The maximum atomic E-state index is 10.9. The minimum Gasteiger partial charge on any atom is -0.366 e. The van der Waals surface area contributed by atoms with E-state index in [1.165, 1.54) is 12.1 Å². The van der Waals surface area contributed by atoms with Gasteiger partial charge in [-0.1, -0.05) is 0 Å². The average Bonchev–Trinajstić information content (AvgIpc) is 2.07. The number of halogens is 1. The topological polar surface area (TPSA) is 86.2 Å². The SMILES string of the molecule is Cc1cc(C(N)=O)c(Br)cc1[N+](=O)[O-]. The van der Waals surface area contributed by atoms with Gasteiger partial charge in [-0.05, 0) is 28.9 Å². The Bertz CT molecular complexity index is 378. The Hall–Kier alpha value is -1.43. The van der Waals surface area contributed by atoms with Gasteiger partial charge in [0.1, 0.15) is 0 Å². The summed E-state index contributed by atoms with van der Waals surface area (Å²) in [5.74, 6) is -0.616. The molecule has 14 heavy (non-hydrogen) atoms. The molecule has 0 spiro atoms. The van der Waals surface area contributed by atoms with E-state index in [1.54, 1.807) is 6.92 Å². The van der Waals surface area contributed by atoms with Gasteiger partial charge in [-0.3, -0.25) is 14.9 Å². The number of hydrogen-bond donors (Lipinski definition) is 1. The van der Waals surface area contributed by atoms with E-state index in [0.717, 1.165) is 0 Å². The van der Waals surface area contributed by atoms with E-state index in [-0.39, 0.29) is 11.3 Å². The maximum absolute atomic E-state index is 10.9. The molecule has 0 saturated carbocycles. The van der Waals surface area contributed by atoms with Crippen LogP contribution in [0.4, 0.5) is 5.69 Å². The minimum atomic E-state index is -0.616. The third kappa shape index (κ3) is 1.90. The number of carbonyl (C=O) groups excluding carboxylic acids is 1. The number of benzene rings is 1. The van der Waals surface area contributed by atoms with Gasteiger partial charge in [0.2, 0.25) is 5.91 Å². The van der Waals surface area contributed by atoms with Gasteiger partial charge in [0.25, 0.3) is 5.69 Å². The first-order valence-corrected chi connectivity index (χ1v) is 4.47. The van der Waals surface area contributed by atoms with Crippen LogP contribution in [-0.2, 0) is 0 Å². The van der Waals surface area contributed by atoms with Gasteiger partial charge in [0.15, 0.2) is 0 Å². The molecule has 1 rings (SSSR count). The van der Waals surface area contributed by atoms with Crippen LogP contribution >= 0.6 is 15.9 Å². The second-order valence-electron chi connectivity index (χ2n) is 2.74. The summed E-state index contributed by atoms with van der Waals surface area (Å²) in [6, 6.07) is 2.67. The fraction of sp³-hybridized carbons (Fsp3) is 0.125. The molecule has 0 aromatic heterocycles. The Balaban J connectivity index is 3.38. The summed E-state index contributed by atoms with van der Waals surface area (Å²) < 4.78 is 0.335. The van der Waals surface area contributed by atoms with E-state index in [1.807, 2.05) is 0 Å². The highest BCUT2D eigenvalue weighted by Gasteiger charge is 2.16. The number of nitrogens with two attached hydrogens (primary N) is 1. The number of carbonyl (C=O) groups is 1. The number of primary amides is 1. The quantitative estimate of drug-likeness (QED) is 0.648. The van der Waals surface area contributed by atoms with Crippen molar-refractivity contribution >= 4 is 27.5 Å². The molecule has 0 saturated heterocycles. The number of hydrogen-bond acceptors (Lipinski definition) is 3. The lowest BCUT2D eigenvalue weighted by Crippen LogP contribution is -2.12. The molecule has 6 heteroatoms. The van der Waals surface area contributed by atoms with Crippen LogP contribution < -0.4 is 5.73 Å². The van der Waals surface area contributed by atoms with Crippen LogP contribution in [0.15, 0.2) is 16.6 Å². The summed E-state index contributed by atoms with van der Waals surface area (Å²) in [6.07, 6.45) is 0. The number of aryl methyl sites for hydroxylation is 1. The zero-order valence-corrected chi connectivity index (χ0v) is 8.87. The normalized spacial score (nSPS) is 9.86. The summed E-state index contributed by atoms with van der Waals surface area (Å²) in [7, 11) is 0. The Morgan fingerprint density at radius 1 is 1.57 bits per heavy atom. The first kappa shape index (κ1) is 10.6. The third-order valence-electron chi connectivity index (χ3n) is 1.75. The van der Waals surface area contributed by atoms with Crippen molar-refractivity contribution in [3.63, 3.8) is 0 Å². The van der Waals surface area contributed by atoms with Crippen molar-refractivity contribution in [2.45, 2.75) is 6.92 Å². The smallest absolute Gasteiger partial charge is 0.273 e. The molecule has 74 valence electrons. The second-order valence-corrected chi connectivity index (χ2v) is 3.59. The second kappa shape index (κ2) is 3.75. The molecule has 0 unspecified atom stereocenters. The molecular weight excluding hydrogens is 252 g/mol. The Morgan fingerprint density at radius 3 is 2.57 bits per heavy atom. The monoisotopic (exact) mass is 258 g/mol. The molecule has 0 aliphatic rings. The molecule has 1 aromatic carbocycles. The van der Waals surface area contributed by atoms with Crippen LogP contribution in [-0.4, -0.2) is 10.8 Å². The highest BCUT2D eigenvalue weighted by Crippen LogP contribution is 2.26. The van der Waals surface area contributed by atoms with Crippen molar-refractivity contribution in [2.75, 3.05) is 0 Å². The Morgan fingerprint density at radius 2 is 2.14 bits per heavy atom. The molecular formula is C8H7BrN2O3. The van der Waals surface area contributed by atoms with Gasteiger partial charge in [0, 0.05) is 16.1 Å². The number of nitro benzene ring substituents is 1. The van der Waals surface area contributed by atoms with Gasteiger partial charge in [-0.2, -0.15) is 0 Å². The first-order chi connectivity index (χ1) is 6.43. The van der Waals surface area contributed by atoms with E-state index in [9.17, 15) is 14.9 Å². The molecule has 2 N–H and O–H groups in total. The van der Waals surface area contributed by atoms with Crippen LogP contribution in [0.5, 0.6) is 0 Å². The molecule has 5 nitrogen and oxygen atoms in total. The molecule has 0 aliphatic heterocycles. The number of nitro groups is 1. The summed E-state index contributed by atoms with van der Waals surface area (Å²) in [4.78, 5) is 20.9. The zero-order valence-electron chi connectivity index (χ0n) is 7.28. The fourth-order valence-corrected chi connectivity index (χ4v) is 1.58. The van der Waals surface area contributed by atoms with E-state index in [2.05, 4.69) is 15.9 Å². The van der Waals surface area contributed by atoms with Gasteiger partial charge < -0.3 is 5.73 Å². The fourth-order valence-electron chi connectivity index (χ4n) is 1.06. The highest BCUT2D eigenvalue weighted by atomic mass is 79.9. The van der Waals surface area contributed by atoms with Gasteiger partial charge in [0.05, 0.1) is 10.5 Å². The van der Waals surface area contributed by atoms with Crippen molar-refractivity contribution in [1.82, 2.24) is 0 Å². The summed E-state index contributed by atoms with van der Waals surface area (Å²) in [6.45, 7) is 1.55. The average molecular weight is 259 g/mol. The predicted molar refractivity (Wildman–Crippen MR) is 54.1 cm³/mol. The van der Waals surface area contributed by atoms with Gasteiger partial charge in [-0.15, -0.1) is 0 Å². The van der Waals surface area contributed by atoms with Crippen molar-refractivity contribution in [3.05, 3.63) is 37.8 Å². The largest absolute Gasteiger partial charge is 0.366 e. The molecule has 0 fully saturated rings. The lowest BCUT2D eigenvalue weighted by molar-refractivity contribution is -0.385. The van der Waals surface area contributed by atoms with Crippen molar-refractivity contribution < 1.29 is 9.72 Å². The molecule has 0 aliphatic carbocycles. The van der Waals surface area contributed by atoms with Crippen LogP contribution in [0.3, 0.4) is 0 Å². The zero-order chi connectivity index (χ0) is 10.9. The molecule has 1 aromatic rings. The van der Waals surface area contributed by atoms with Gasteiger partial charge >= 0.3 is 0 Å². The first-order valence-electron chi connectivity index (χ1n) is 3.68. The van der Waals surface area contributed by atoms with Crippen LogP contribution in [0.1, 0.15) is 15.9 Å². The Kier molecular flexibility index (Phi) is 2.85. The minimum absolute atomic E-state index is 0.0399. The molecule has 0 radical (unpaired) electrons. The van der Waals surface area contributed by atoms with Crippen molar-refractivity contribution in [2.24, 2.45) is 5.73 Å². The lowest BCUT2D eigenvalue weighted by atomic mass is 10.1. The van der Waals surface area contributed by atoms with E-state index in [0.29, 0.717) is 10.0 Å². The van der Waals surface area contributed by atoms with Crippen molar-refractivity contribution in [1.29, 1.82) is 0 Å². The maximum Gasteiger partial charge on any atom is 0.273 e. The molecule has 0 heterocycles. The predicted octanol–water partition coefficient (Wildman–Crippen LogP) is 1.76. The number of amides is 1. The third-order valence-corrected chi connectivity index (χ3v) is 2.40. The van der Waals surface area contributed by atoms with E-state index in [4.69, 9.17) is 5.73 Å². The lowest BCUT2D eigenvalue weighted by Gasteiger charge is -2.02. The van der Waals surface area contributed by atoms with Crippen LogP contribution in [0.25, 0.3) is 0 Å². The van der Waals surface area contributed by atoms with E-state index < -0.39 is 10.8 Å². The number of rotatable bonds is 2. The summed E-state index contributed by atoms with van der Waals surface area (Å²) in [5.41, 5.74) is 5.68. The highest BCUT2D eigenvalue weighted by molar-refractivity contribution is 9.10. The molecule has 1 amide bonds. The van der Waals surface area contributed by atoms with Crippen molar-refractivity contribution in [3.8, 4) is 0 Å². The van der Waals surface area contributed by atoms with Crippen LogP contribution in [0.2, 0.25) is 0 Å². The molecule has 0 bridgehead atoms. The van der Waals surface area contributed by atoms with E-state index >= 15 is 0 Å². The van der Waals surface area contributed by atoms with Crippen LogP contribution in [0, 0.1) is 17.0 Å².